The SMILES string of the molecule is CC(C)CNC(=O)CN1C(=O)COc2cc(N)ccc21. The Balaban J connectivity index is 2.11. The molecule has 20 heavy (non-hydrogen) atoms. The van der Waals surface area contributed by atoms with Crippen LogP contribution < -0.4 is 20.7 Å². The molecule has 0 saturated heterocycles. The number of ether oxygens (including phenoxy) is 1. The predicted octanol–water partition coefficient (Wildman–Crippen LogP) is 0.766. The minimum absolute atomic E-state index is 0.00810. The number of anilines is 2. The Morgan fingerprint density at radius 3 is 2.95 bits per heavy atom. The number of hydrogen-bond donors (Lipinski definition) is 2. The molecule has 3 N–H and O–H groups in total. The number of benzene rings is 1. The van der Waals surface area contributed by atoms with E-state index >= 15 is 0 Å². The molecular weight excluding hydrogens is 258 g/mol. The van der Waals surface area contributed by atoms with E-state index in [4.69, 9.17) is 10.5 Å². The van der Waals surface area contributed by atoms with E-state index in [9.17, 15) is 9.59 Å². The first-order valence-corrected chi connectivity index (χ1v) is 6.56. The summed E-state index contributed by atoms with van der Waals surface area (Å²) in [5, 5.41) is 2.79. The van der Waals surface area contributed by atoms with E-state index in [1.807, 2.05) is 13.8 Å². The number of hydrogen-bond acceptors (Lipinski definition) is 4. The molecule has 0 atom stereocenters. The van der Waals surface area contributed by atoms with Gasteiger partial charge in [-0.05, 0) is 18.1 Å². The average molecular weight is 277 g/mol. The fraction of sp³-hybridized carbons (Fsp3) is 0.429. The molecule has 0 spiro atoms. The molecule has 108 valence electrons. The van der Waals surface area contributed by atoms with E-state index in [0.29, 0.717) is 29.6 Å². The quantitative estimate of drug-likeness (QED) is 0.796. The number of fused-ring (bicyclic) bond motifs is 1. The molecule has 2 rings (SSSR count). The number of amides is 2. The zero-order chi connectivity index (χ0) is 14.7. The van der Waals surface area contributed by atoms with Crippen molar-refractivity contribution < 1.29 is 14.3 Å². The third-order valence-corrected chi connectivity index (χ3v) is 2.94. The van der Waals surface area contributed by atoms with Crippen molar-refractivity contribution in [3.63, 3.8) is 0 Å². The normalized spacial score (nSPS) is 13.9. The van der Waals surface area contributed by atoms with Gasteiger partial charge in [-0.15, -0.1) is 0 Å². The van der Waals surface area contributed by atoms with Gasteiger partial charge in [-0.2, -0.15) is 0 Å². The molecule has 0 radical (unpaired) electrons. The highest BCUT2D eigenvalue weighted by atomic mass is 16.5. The minimum atomic E-state index is -0.234. The van der Waals surface area contributed by atoms with Gasteiger partial charge >= 0.3 is 0 Å². The van der Waals surface area contributed by atoms with Crippen LogP contribution in [0.2, 0.25) is 0 Å². The lowest BCUT2D eigenvalue weighted by atomic mass is 10.2. The van der Waals surface area contributed by atoms with Crippen LogP contribution in [0.1, 0.15) is 13.8 Å². The summed E-state index contributed by atoms with van der Waals surface area (Å²) in [4.78, 5) is 25.2. The molecule has 1 heterocycles. The Morgan fingerprint density at radius 2 is 2.25 bits per heavy atom. The Hall–Kier alpha value is -2.24. The zero-order valence-corrected chi connectivity index (χ0v) is 11.7. The third kappa shape index (κ3) is 3.20. The fourth-order valence-corrected chi connectivity index (χ4v) is 1.91. The highest BCUT2D eigenvalue weighted by molar-refractivity contribution is 6.02. The van der Waals surface area contributed by atoms with Crippen molar-refractivity contribution >= 4 is 23.2 Å². The summed E-state index contributed by atoms with van der Waals surface area (Å²) < 4.78 is 5.32. The predicted molar refractivity (Wildman–Crippen MR) is 76.6 cm³/mol. The first-order valence-electron chi connectivity index (χ1n) is 6.56. The number of nitrogens with one attached hydrogen (secondary N) is 1. The molecule has 0 bridgehead atoms. The van der Waals surface area contributed by atoms with Crippen molar-refractivity contribution in [1.29, 1.82) is 0 Å². The summed E-state index contributed by atoms with van der Waals surface area (Å²) in [6.45, 7) is 4.53. The van der Waals surface area contributed by atoms with Gasteiger partial charge in [0, 0.05) is 18.3 Å². The van der Waals surface area contributed by atoms with Crippen LogP contribution >= 0.6 is 0 Å². The van der Waals surface area contributed by atoms with E-state index in [2.05, 4.69) is 5.32 Å². The highest BCUT2D eigenvalue weighted by Gasteiger charge is 2.27. The van der Waals surface area contributed by atoms with Crippen molar-refractivity contribution in [2.24, 2.45) is 5.92 Å². The second kappa shape index (κ2) is 5.81. The molecule has 0 saturated carbocycles. The van der Waals surface area contributed by atoms with E-state index in [1.165, 1.54) is 4.90 Å². The fourth-order valence-electron chi connectivity index (χ4n) is 1.91. The monoisotopic (exact) mass is 277 g/mol. The Labute approximate surface area is 117 Å². The summed E-state index contributed by atoms with van der Waals surface area (Å²) in [7, 11) is 0. The maximum atomic E-state index is 11.9. The molecule has 0 fully saturated rings. The molecule has 2 amide bonds. The van der Waals surface area contributed by atoms with Crippen molar-refractivity contribution in [3.05, 3.63) is 18.2 Å². The van der Waals surface area contributed by atoms with Gasteiger partial charge < -0.3 is 15.8 Å². The maximum absolute atomic E-state index is 11.9. The smallest absolute Gasteiger partial charge is 0.265 e. The largest absolute Gasteiger partial charge is 0.481 e. The first-order chi connectivity index (χ1) is 9.47. The second-order valence-electron chi connectivity index (χ2n) is 5.19. The van der Waals surface area contributed by atoms with Crippen LogP contribution in [0.4, 0.5) is 11.4 Å². The lowest BCUT2D eigenvalue weighted by Gasteiger charge is -2.29. The maximum Gasteiger partial charge on any atom is 0.265 e. The van der Waals surface area contributed by atoms with Gasteiger partial charge in [0.25, 0.3) is 5.91 Å². The lowest BCUT2D eigenvalue weighted by Crippen LogP contribution is -2.45. The Kier molecular flexibility index (Phi) is 4.12. The van der Waals surface area contributed by atoms with E-state index in [1.54, 1.807) is 18.2 Å². The van der Waals surface area contributed by atoms with Crippen molar-refractivity contribution in [2.45, 2.75) is 13.8 Å². The molecule has 0 unspecified atom stereocenters. The van der Waals surface area contributed by atoms with Crippen molar-refractivity contribution in [2.75, 3.05) is 30.3 Å². The van der Waals surface area contributed by atoms with Crippen LogP contribution in [0, 0.1) is 5.92 Å². The van der Waals surface area contributed by atoms with Crippen LogP contribution in [0.3, 0.4) is 0 Å². The van der Waals surface area contributed by atoms with Gasteiger partial charge in [-0.25, -0.2) is 0 Å². The third-order valence-electron chi connectivity index (χ3n) is 2.94. The summed E-state index contributed by atoms with van der Waals surface area (Å²) in [5.74, 6) is 0.478. The average Bonchev–Trinajstić information content (AvgIpc) is 2.39. The van der Waals surface area contributed by atoms with Crippen LogP contribution in [0.5, 0.6) is 5.75 Å². The van der Waals surface area contributed by atoms with Gasteiger partial charge in [0.05, 0.1) is 5.69 Å². The van der Waals surface area contributed by atoms with Crippen LogP contribution in [-0.2, 0) is 9.59 Å². The molecule has 6 nitrogen and oxygen atoms in total. The number of carbonyl (C=O) groups excluding carboxylic acids is 2. The number of nitrogens with two attached hydrogens (primary N) is 1. The summed E-state index contributed by atoms with van der Waals surface area (Å²) in [6.07, 6.45) is 0. The lowest BCUT2D eigenvalue weighted by molar-refractivity contribution is -0.125. The summed E-state index contributed by atoms with van der Waals surface area (Å²) in [6, 6.07) is 5.03. The highest BCUT2D eigenvalue weighted by Crippen LogP contribution is 2.33. The molecule has 6 heteroatoms. The molecule has 0 aliphatic carbocycles. The van der Waals surface area contributed by atoms with Crippen molar-refractivity contribution in [3.8, 4) is 5.75 Å². The Bertz CT molecular complexity index is 528. The summed E-state index contributed by atoms with van der Waals surface area (Å²) in [5.41, 5.74) is 6.82. The van der Waals surface area contributed by atoms with E-state index in [0.717, 1.165) is 0 Å². The molecule has 0 aromatic heterocycles. The first kappa shape index (κ1) is 14.2. The van der Waals surface area contributed by atoms with E-state index in [-0.39, 0.29) is 25.0 Å². The molecule has 1 aliphatic rings. The topological polar surface area (TPSA) is 84.7 Å². The zero-order valence-electron chi connectivity index (χ0n) is 11.7. The van der Waals surface area contributed by atoms with Gasteiger partial charge in [0.2, 0.25) is 5.91 Å². The van der Waals surface area contributed by atoms with Crippen LogP contribution in [-0.4, -0.2) is 31.5 Å². The number of nitrogens with zero attached hydrogens (tertiary/aromatic N) is 1. The van der Waals surface area contributed by atoms with Gasteiger partial charge in [0.15, 0.2) is 6.61 Å². The van der Waals surface area contributed by atoms with Crippen molar-refractivity contribution in [1.82, 2.24) is 5.32 Å². The number of rotatable bonds is 4. The Morgan fingerprint density at radius 1 is 1.50 bits per heavy atom. The second-order valence-corrected chi connectivity index (χ2v) is 5.19. The summed E-state index contributed by atoms with van der Waals surface area (Å²) >= 11 is 0. The van der Waals surface area contributed by atoms with Crippen LogP contribution in [0.25, 0.3) is 0 Å². The van der Waals surface area contributed by atoms with E-state index < -0.39 is 0 Å². The number of nitrogen functional groups attached to an aromatic ring is 1. The molecule has 1 aliphatic heterocycles. The number of carbonyl (C=O) groups is 2. The van der Waals surface area contributed by atoms with Gasteiger partial charge in [-0.1, -0.05) is 13.8 Å². The molecule has 1 aromatic carbocycles. The molecule has 1 aromatic rings. The standard InChI is InChI=1S/C14H19N3O3/c1-9(2)6-16-13(18)7-17-11-4-3-10(15)5-12(11)20-8-14(17)19/h3-5,9H,6-8,15H2,1-2H3,(H,16,18). The van der Waals surface area contributed by atoms with Gasteiger partial charge in [-0.3, -0.25) is 14.5 Å². The van der Waals surface area contributed by atoms with Gasteiger partial charge in [0.1, 0.15) is 12.3 Å². The van der Waals surface area contributed by atoms with Crippen LogP contribution in [0.15, 0.2) is 18.2 Å². The minimum Gasteiger partial charge on any atom is -0.481 e. The molecular formula is C14H19N3O3.